The summed E-state index contributed by atoms with van der Waals surface area (Å²) in [5.74, 6) is -1.60. The highest BCUT2D eigenvalue weighted by atomic mass is 16.4. The van der Waals surface area contributed by atoms with Crippen molar-refractivity contribution in [3.63, 3.8) is 0 Å². The van der Waals surface area contributed by atoms with Crippen LogP contribution in [0.4, 0.5) is 0 Å². The van der Waals surface area contributed by atoms with Crippen LogP contribution < -0.4 is 5.56 Å². The van der Waals surface area contributed by atoms with Gasteiger partial charge in [0.25, 0.3) is 11.5 Å². The molecule has 0 saturated carbocycles. The predicted octanol–water partition coefficient (Wildman–Crippen LogP) is 1.91. The summed E-state index contributed by atoms with van der Waals surface area (Å²) in [6.45, 7) is 1.82. The van der Waals surface area contributed by atoms with Gasteiger partial charge in [-0.05, 0) is 43.2 Å². The van der Waals surface area contributed by atoms with Crippen molar-refractivity contribution in [1.82, 2.24) is 9.88 Å². The fourth-order valence-corrected chi connectivity index (χ4v) is 4.33. The third-order valence-electron chi connectivity index (χ3n) is 5.49. The highest BCUT2D eigenvalue weighted by molar-refractivity contribution is 6.00. The molecular weight excluding hydrogens is 308 g/mol. The number of carboxylic acids is 1. The third kappa shape index (κ3) is 1.99. The molecular formula is C18H18N2O4. The smallest absolute Gasteiger partial charge is 0.308 e. The number of hydrogen-bond acceptors (Lipinski definition) is 3. The molecule has 0 spiro atoms. The molecule has 0 aliphatic carbocycles. The molecule has 1 aromatic heterocycles. The van der Waals surface area contributed by atoms with Crippen molar-refractivity contribution in [1.29, 1.82) is 0 Å². The summed E-state index contributed by atoms with van der Waals surface area (Å²) >= 11 is 0. The van der Waals surface area contributed by atoms with Gasteiger partial charge < -0.3 is 15.0 Å². The summed E-state index contributed by atoms with van der Waals surface area (Å²) in [6.07, 6.45) is 2.05. The van der Waals surface area contributed by atoms with E-state index in [4.69, 9.17) is 0 Å². The van der Waals surface area contributed by atoms with Crippen LogP contribution in [0, 0.1) is 12.8 Å². The minimum atomic E-state index is -0.844. The molecule has 1 amide bonds. The Morgan fingerprint density at radius 3 is 2.58 bits per heavy atom. The van der Waals surface area contributed by atoms with Gasteiger partial charge in [0.1, 0.15) is 5.69 Å². The Morgan fingerprint density at radius 1 is 1.21 bits per heavy atom. The second-order valence-electron chi connectivity index (χ2n) is 6.69. The standard InChI is InChI=1S/C18H18N2O4/c1-9-11-4-2-3-5-12(11)16(21)19-15(9)17(22)20-10-6-7-14(20)13(8-10)18(23)24/h2-5,10,13-14H,6-8H2,1H3,(H,19,21)(H,23,24). The van der Waals surface area contributed by atoms with E-state index in [1.165, 1.54) is 0 Å². The molecule has 124 valence electrons. The normalized spacial score (nSPS) is 25.4. The van der Waals surface area contributed by atoms with Crippen LogP contribution in [0.2, 0.25) is 0 Å². The van der Waals surface area contributed by atoms with E-state index in [-0.39, 0.29) is 29.2 Å². The third-order valence-corrected chi connectivity index (χ3v) is 5.49. The van der Waals surface area contributed by atoms with Crippen molar-refractivity contribution >= 4 is 22.6 Å². The molecule has 3 unspecified atom stereocenters. The summed E-state index contributed by atoms with van der Waals surface area (Å²) in [7, 11) is 0. The summed E-state index contributed by atoms with van der Waals surface area (Å²) in [5.41, 5.74) is 0.718. The van der Waals surface area contributed by atoms with E-state index in [9.17, 15) is 19.5 Å². The Labute approximate surface area is 138 Å². The van der Waals surface area contributed by atoms with Crippen LogP contribution in [0.15, 0.2) is 29.1 Å². The number of carbonyl (C=O) groups excluding carboxylic acids is 1. The first-order valence-corrected chi connectivity index (χ1v) is 8.16. The first kappa shape index (κ1) is 14.9. The number of aromatic nitrogens is 1. The molecule has 2 bridgehead atoms. The fourth-order valence-electron chi connectivity index (χ4n) is 4.33. The van der Waals surface area contributed by atoms with Crippen molar-refractivity contribution in [2.75, 3.05) is 0 Å². The van der Waals surface area contributed by atoms with Gasteiger partial charge in [0.05, 0.1) is 5.92 Å². The number of carbonyl (C=O) groups is 2. The van der Waals surface area contributed by atoms with Crippen molar-refractivity contribution in [2.24, 2.45) is 5.92 Å². The van der Waals surface area contributed by atoms with Gasteiger partial charge in [-0.25, -0.2) is 0 Å². The molecule has 2 N–H and O–H groups in total. The molecule has 2 fully saturated rings. The maximum atomic E-state index is 13.1. The molecule has 4 rings (SSSR count). The van der Waals surface area contributed by atoms with Gasteiger partial charge in [-0.2, -0.15) is 0 Å². The van der Waals surface area contributed by atoms with E-state index in [1.54, 1.807) is 17.0 Å². The lowest BCUT2D eigenvalue weighted by Gasteiger charge is -2.24. The maximum absolute atomic E-state index is 13.1. The molecule has 3 heterocycles. The molecule has 24 heavy (non-hydrogen) atoms. The number of aromatic amines is 1. The quantitative estimate of drug-likeness (QED) is 0.882. The van der Waals surface area contributed by atoms with Crippen molar-refractivity contribution in [2.45, 2.75) is 38.3 Å². The van der Waals surface area contributed by atoms with E-state index in [0.717, 1.165) is 17.4 Å². The minimum absolute atomic E-state index is 0.0435. The van der Waals surface area contributed by atoms with Crippen molar-refractivity contribution in [3.05, 3.63) is 45.9 Å². The van der Waals surface area contributed by atoms with E-state index in [0.29, 0.717) is 18.2 Å². The first-order chi connectivity index (χ1) is 11.5. The second-order valence-corrected chi connectivity index (χ2v) is 6.69. The number of pyridine rings is 1. The average molecular weight is 326 g/mol. The number of benzene rings is 1. The number of fused-ring (bicyclic) bond motifs is 3. The monoisotopic (exact) mass is 326 g/mol. The zero-order valence-electron chi connectivity index (χ0n) is 13.3. The Hall–Kier alpha value is -2.63. The number of rotatable bonds is 2. The predicted molar refractivity (Wildman–Crippen MR) is 88.0 cm³/mol. The van der Waals surface area contributed by atoms with E-state index >= 15 is 0 Å². The van der Waals surface area contributed by atoms with Gasteiger partial charge in [0.15, 0.2) is 0 Å². The maximum Gasteiger partial charge on any atom is 0.308 e. The summed E-state index contributed by atoms with van der Waals surface area (Å²) in [5, 5.41) is 10.7. The average Bonchev–Trinajstić information content (AvgIpc) is 3.15. The summed E-state index contributed by atoms with van der Waals surface area (Å²) < 4.78 is 0. The van der Waals surface area contributed by atoms with Crippen LogP contribution >= 0.6 is 0 Å². The summed E-state index contributed by atoms with van der Waals surface area (Å²) in [6, 6.07) is 6.87. The van der Waals surface area contributed by atoms with E-state index in [1.807, 2.05) is 19.1 Å². The number of nitrogens with one attached hydrogen (secondary N) is 1. The van der Waals surface area contributed by atoms with Gasteiger partial charge in [-0.3, -0.25) is 14.4 Å². The van der Waals surface area contributed by atoms with Crippen LogP contribution in [0.1, 0.15) is 35.3 Å². The van der Waals surface area contributed by atoms with Gasteiger partial charge in [0, 0.05) is 17.5 Å². The van der Waals surface area contributed by atoms with Gasteiger partial charge in [-0.15, -0.1) is 0 Å². The Bertz CT molecular complexity index is 917. The highest BCUT2D eigenvalue weighted by Crippen LogP contribution is 2.42. The minimum Gasteiger partial charge on any atom is -0.481 e. The van der Waals surface area contributed by atoms with Gasteiger partial charge in [0.2, 0.25) is 0 Å². The van der Waals surface area contributed by atoms with Gasteiger partial charge in [-0.1, -0.05) is 18.2 Å². The SMILES string of the molecule is Cc1c(C(=O)N2C3CCC2C(C(=O)O)C3)[nH]c(=O)c2ccccc12. The number of amides is 1. The van der Waals surface area contributed by atoms with E-state index in [2.05, 4.69) is 4.98 Å². The molecule has 3 atom stereocenters. The molecule has 2 aromatic rings. The number of aliphatic carboxylic acids is 1. The highest BCUT2D eigenvalue weighted by Gasteiger charge is 2.51. The number of hydrogen-bond donors (Lipinski definition) is 2. The Kier molecular flexibility index (Phi) is 3.23. The van der Waals surface area contributed by atoms with Crippen molar-refractivity contribution < 1.29 is 14.7 Å². The van der Waals surface area contributed by atoms with Crippen LogP contribution in [0.5, 0.6) is 0 Å². The lowest BCUT2D eigenvalue weighted by Crippen LogP contribution is -2.39. The first-order valence-electron chi connectivity index (χ1n) is 8.16. The Morgan fingerprint density at radius 2 is 1.92 bits per heavy atom. The number of H-pyrrole nitrogens is 1. The number of nitrogens with zero attached hydrogens (tertiary/aromatic N) is 1. The molecule has 1 aromatic carbocycles. The number of aryl methyl sites for hydroxylation is 1. The van der Waals surface area contributed by atoms with Gasteiger partial charge >= 0.3 is 5.97 Å². The largest absolute Gasteiger partial charge is 0.481 e. The van der Waals surface area contributed by atoms with Crippen LogP contribution in [-0.2, 0) is 4.79 Å². The van der Waals surface area contributed by atoms with Crippen LogP contribution in [0.3, 0.4) is 0 Å². The number of carboxylic acid groups (broad SMARTS) is 1. The molecule has 6 nitrogen and oxygen atoms in total. The van der Waals surface area contributed by atoms with Crippen molar-refractivity contribution in [3.8, 4) is 0 Å². The summed E-state index contributed by atoms with van der Waals surface area (Å²) in [4.78, 5) is 41.2. The molecule has 2 aliphatic heterocycles. The second kappa shape index (κ2) is 5.19. The molecule has 0 radical (unpaired) electrons. The molecule has 6 heteroatoms. The van der Waals surface area contributed by atoms with E-state index < -0.39 is 11.9 Å². The zero-order chi connectivity index (χ0) is 17.0. The lowest BCUT2D eigenvalue weighted by molar-refractivity contribution is -0.142. The van der Waals surface area contributed by atoms with Crippen LogP contribution in [0.25, 0.3) is 10.8 Å². The topological polar surface area (TPSA) is 90.5 Å². The zero-order valence-corrected chi connectivity index (χ0v) is 13.3. The van der Waals surface area contributed by atoms with Crippen LogP contribution in [-0.4, -0.2) is 39.0 Å². The fraction of sp³-hybridized carbons (Fsp3) is 0.389. The Balaban J connectivity index is 1.79. The molecule has 2 saturated heterocycles. The molecule has 2 aliphatic rings. The lowest BCUT2D eigenvalue weighted by atomic mass is 9.89.